The highest BCUT2D eigenvalue weighted by molar-refractivity contribution is 8.16. The zero-order valence-corrected chi connectivity index (χ0v) is 24.9. The summed E-state index contributed by atoms with van der Waals surface area (Å²) < 4.78 is 0.595. The third-order valence-corrected chi connectivity index (χ3v) is 12.1. The Morgan fingerprint density at radius 1 is 0.757 bits per heavy atom. The monoisotopic (exact) mass is 533 g/mol. The van der Waals surface area contributed by atoms with E-state index in [0.717, 1.165) is 38.0 Å². The first-order valence-corrected chi connectivity index (χ1v) is 17.1. The fourth-order valence-corrected chi connectivity index (χ4v) is 9.33. The molecule has 0 bridgehead atoms. The summed E-state index contributed by atoms with van der Waals surface area (Å²) in [7, 11) is 0. The third-order valence-electron chi connectivity index (χ3n) is 8.77. The molecule has 0 aromatic heterocycles. The van der Waals surface area contributed by atoms with Crippen molar-refractivity contribution in [1.29, 1.82) is 5.26 Å². The van der Waals surface area contributed by atoms with Gasteiger partial charge in [0.05, 0.1) is 16.1 Å². The van der Waals surface area contributed by atoms with Crippen LogP contribution in [0, 0.1) is 22.7 Å². The average molecular weight is 534 g/mol. The molecule has 37 heavy (non-hydrogen) atoms. The standard InChI is InChI=1S/C34H47NS2/c1-3-5-7-8-9-21-34(26-35)22-19-31(20-23-34)30-13-11-28(12-14-30)29-15-17-32(18-16-29)33-36-24-27(25-37-33)10-6-4-2/h11-18,27,31,33H,3-10,19-25H2,1-2H3. The second-order valence-electron chi connectivity index (χ2n) is 11.6. The lowest BCUT2D eigenvalue weighted by Crippen LogP contribution is -2.25. The number of hydrogen-bond acceptors (Lipinski definition) is 3. The van der Waals surface area contributed by atoms with Gasteiger partial charge in [-0.2, -0.15) is 5.26 Å². The van der Waals surface area contributed by atoms with Gasteiger partial charge in [0.2, 0.25) is 0 Å². The molecule has 0 unspecified atom stereocenters. The minimum Gasteiger partial charge on any atom is -0.198 e. The topological polar surface area (TPSA) is 23.8 Å². The Labute approximate surface area is 235 Å². The maximum Gasteiger partial charge on any atom is 0.0751 e. The molecule has 3 heteroatoms. The minimum atomic E-state index is -0.0598. The molecule has 4 rings (SSSR count). The fourth-order valence-electron chi connectivity index (χ4n) is 6.16. The molecule has 1 aliphatic carbocycles. The van der Waals surface area contributed by atoms with E-state index in [-0.39, 0.29) is 5.41 Å². The van der Waals surface area contributed by atoms with Gasteiger partial charge in [0, 0.05) is 0 Å². The smallest absolute Gasteiger partial charge is 0.0751 e. The van der Waals surface area contributed by atoms with Gasteiger partial charge in [-0.1, -0.05) is 107 Å². The van der Waals surface area contributed by atoms with E-state index >= 15 is 0 Å². The Hall–Kier alpha value is -1.37. The molecule has 0 spiro atoms. The highest BCUT2D eigenvalue weighted by Gasteiger charge is 2.35. The van der Waals surface area contributed by atoms with Crippen molar-refractivity contribution in [3.63, 3.8) is 0 Å². The van der Waals surface area contributed by atoms with Crippen LogP contribution in [0.2, 0.25) is 0 Å². The molecule has 1 aliphatic heterocycles. The largest absolute Gasteiger partial charge is 0.198 e. The number of nitriles is 1. The number of thioether (sulfide) groups is 2. The molecule has 0 amide bonds. The zero-order chi connectivity index (χ0) is 25.9. The lowest BCUT2D eigenvalue weighted by Gasteiger charge is -2.35. The number of nitrogens with zero attached hydrogens (tertiary/aromatic N) is 1. The Morgan fingerprint density at radius 3 is 1.89 bits per heavy atom. The Bertz CT molecular complexity index is 958. The summed E-state index contributed by atoms with van der Waals surface area (Å²) in [4.78, 5) is 0. The average Bonchev–Trinajstić information content (AvgIpc) is 2.97. The molecular formula is C34H47NS2. The van der Waals surface area contributed by atoms with Crippen LogP contribution in [0.4, 0.5) is 0 Å². The summed E-state index contributed by atoms with van der Waals surface area (Å²) >= 11 is 4.29. The van der Waals surface area contributed by atoms with Crippen molar-refractivity contribution in [3.8, 4) is 17.2 Å². The quantitative estimate of drug-likeness (QED) is 0.253. The molecule has 1 heterocycles. The van der Waals surface area contributed by atoms with E-state index in [0.29, 0.717) is 10.5 Å². The number of unbranched alkanes of at least 4 members (excludes halogenated alkanes) is 5. The Kier molecular flexibility index (Phi) is 11.4. The summed E-state index contributed by atoms with van der Waals surface area (Å²) in [5.41, 5.74) is 5.50. The first kappa shape index (κ1) is 28.6. The molecule has 0 atom stereocenters. The lowest BCUT2D eigenvalue weighted by atomic mass is 9.67. The first-order valence-electron chi connectivity index (χ1n) is 15.0. The van der Waals surface area contributed by atoms with Crippen molar-refractivity contribution in [2.45, 2.75) is 108 Å². The molecular weight excluding hydrogens is 487 g/mol. The Balaban J connectivity index is 1.27. The zero-order valence-electron chi connectivity index (χ0n) is 23.2. The molecule has 2 aliphatic rings. The molecule has 2 aromatic rings. The SMILES string of the molecule is CCCCCCCC1(C#N)CCC(c2ccc(-c3ccc(C4SCC(CCCC)CS4)cc3)cc2)CC1. The first-order chi connectivity index (χ1) is 18.2. The minimum absolute atomic E-state index is 0.0598. The van der Waals surface area contributed by atoms with Crippen LogP contribution in [0.1, 0.15) is 119 Å². The fraction of sp³-hybridized carbons (Fsp3) is 0.618. The summed E-state index contributed by atoms with van der Waals surface area (Å²) in [5.74, 6) is 4.15. The van der Waals surface area contributed by atoms with Crippen molar-refractivity contribution in [2.24, 2.45) is 11.3 Å². The van der Waals surface area contributed by atoms with Crippen molar-refractivity contribution in [1.82, 2.24) is 0 Å². The van der Waals surface area contributed by atoms with Gasteiger partial charge in [-0.3, -0.25) is 0 Å². The highest BCUT2D eigenvalue weighted by atomic mass is 32.2. The van der Waals surface area contributed by atoms with Crippen LogP contribution in [0.5, 0.6) is 0 Å². The van der Waals surface area contributed by atoms with E-state index < -0.39 is 0 Å². The van der Waals surface area contributed by atoms with Crippen molar-refractivity contribution in [2.75, 3.05) is 11.5 Å². The molecule has 200 valence electrons. The third kappa shape index (κ3) is 8.06. The molecule has 1 saturated carbocycles. The number of benzene rings is 2. The van der Waals surface area contributed by atoms with Crippen molar-refractivity contribution >= 4 is 23.5 Å². The summed E-state index contributed by atoms with van der Waals surface area (Å²) in [6.07, 6.45) is 16.1. The molecule has 1 nitrogen and oxygen atoms in total. The second-order valence-corrected chi connectivity index (χ2v) is 14.2. The van der Waals surface area contributed by atoms with Gasteiger partial charge in [0.25, 0.3) is 0 Å². The number of rotatable bonds is 12. The van der Waals surface area contributed by atoms with Crippen LogP contribution in [0.25, 0.3) is 11.1 Å². The van der Waals surface area contributed by atoms with E-state index in [1.54, 1.807) is 0 Å². The summed E-state index contributed by atoms with van der Waals surface area (Å²) in [5, 5.41) is 9.96. The van der Waals surface area contributed by atoms with Gasteiger partial charge < -0.3 is 0 Å². The van der Waals surface area contributed by atoms with Crippen molar-refractivity contribution < 1.29 is 0 Å². The van der Waals surface area contributed by atoms with E-state index in [9.17, 15) is 5.26 Å². The molecule has 2 fully saturated rings. The van der Waals surface area contributed by atoms with Crippen LogP contribution >= 0.6 is 23.5 Å². The van der Waals surface area contributed by atoms with Crippen molar-refractivity contribution in [3.05, 3.63) is 59.7 Å². The van der Waals surface area contributed by atoms with Crippen LogP contribution < -0.4 is 0 Å². The van der Waals surface area contributed by atoms with E-state index in [2.05, 4.69) is 92.0 Å². The van der Waals surface area contributed by atoms with Gasteiger partial charge in [0.15, 0.2) is 0 Å². The number of hydrogen-bond donors (Lipinski definition) is 0. The molecule has 2 aromatic carbocycles. The van der Waals surface area contributed by atoms with Gasteiger partial charge in [-0.15, -0.1) is 23.5 Å². The van der Waals surface area contributed by atoms with Crippen LogP contribution in [-0.4, -0.2) is 11.5 Å². The summed E-state index contributed by atoms with van der Waals surface area (Å²) in [6, 6.07) is 21.4. The van der Waals surface area contributed by atoms with Gasteiger partial charge >= 0.3 is 0 Å². The normalized spacial score (nSPS) is 26.0. The van der Waals surface area contributed by atoms with Crippen LogP contribution in [0.15, 0.2) is 48.5 Å². The second kappa shape index (κ2) is 14.7. The van der Waals surface area contributed by atoms with Crippen LogP contribution in [-0.2, 0) is 0 Å². The van der Waals surface area contributed by atoms with E-state index in [1.807, 2.05) is 0 Å². The molecule has 0 N–H and O–H groups in total. The van der Waals surface area contributed by atoms with Crippen LogP contribution in [0.3, 0.4) is 0 Å². The van der Waals surface area contributed by atoms with Gasteiger partial charge in [-0.25, -0.2) is 0 Å². The summed E-state index contributed by atoms with van der Waals surface area (Å²) in [6.45, 7) is 4.56. The van der Waals surface area contributed by atoms with E-state index in [1.165, 1.54) is 85.1 Å². The maximum atomic E-state index is 9.96. The van der Waals surface area contributed by atoms with Gasteiger partial charge in [-0.05, 0) is 84.1 Å². The maximum absolute atomic E-state index is 9.96. The molecule has 1 saturated heterocycles. The Morgan fingerprint density at radius 2 is 1.32 bits per heavy atom. The molecule has 0 radical (unpaired) electrons. The van der Waals surface area contributed by atoms with Gasteiger partial charge in [0.1, 0.15) is 0 Å². The predicted molar refractivity (Wildman–Crippen MR) is 165 cm³/mol. The lowest BCUT2D eigenvalue weighted by molar-refractivity contribution is 0.223. The highest BCUT2D eigenvalue weighted by Crippen LogP contribution is 2.47. The predicted octanol–water partition coefficient (Wildman–Crippen LogP) is 11.2. The van der Waals surface area contributed by atoms with E-state index in [4.69, 9.17) is 0 Å².